The first-order valence-electron chi connectivity index (χ1n) is 8.34. The van der Waals surface area contributed by atoms with E-state index in [9.17, 15) is 4.79 Å². The first-order valence-corrected chi connectivity index (χ1v) is 8.34. The van der Waals surface area contributed by atoms with Gasteiger partial charge in [-0.25, -0.2) is 0 Å². The summed E-state index contributed by atoms with van der Waals surface area (Å²) in [5, 5.41) is 2.93. The number of ether oxygens (including phenoxy) is 1. The van der Waals surface area contributed by atoms with Crippen LogP contribution in [0.2, 0.25) is 0 Å². The van der Waals surface area contributed by atoms with Gasteiger partial charge in [0.1, 0.15) is 5.75 Å². The van der Waals surface area contributed by atoms with Crippen LogP contribution in [0.4, 0.5) is 0 Å². The average Bonchev–Trinajstić information content (AvgIpc) is 2.59. The first kappa shape index (κ1) is 18.0. The fourth-order valence-corrected chi connectivity index (χ4v) is 2.33. The number of rotatable bonds is 8. The van der Waals surface area contributed by atoms with Crippen LogP contribution in [0, 0.1) is 5.92 Å². The van der Waals surface area contributed by atoms with Gasteiger partial charge in [0.25, 0.3) is 0 Å². The van der Waals surface area contributed by atoms with Crippen LogP contribution in [0.25, 0.3) is 0 Å². The van der Waals surface area contributed by atoms with Crippen LogP contribution in [0.15, 0.2) is 54.6 Å². The molecule has 0 aliphatic rings. The molecular formula is C20H26N2O2. The first-order chi connectivity index (χ1) is 11.6. The van der Waals surface area contributed by atoms with Crippen LogP contribution in [0.3, 0.4) is 0 Å². The zero-order valence-corrected chi connectivity index (χ0v) is 14.4. The molecule has 2 aromatic rings. The van der Waals surface area contributed by atoms with E-state index in [1.165, 1.54) is 0 Å². The summed E-state index contributed by atoms with van der Waals surface area (Å²) in [5.74, 6) is 1.21. The van der Waals surface area contributed by atoms with Gasteiger partial charge in [0.2, 0.25) is 5.91 Å². The van der Waals surface area contributed by atoms with Crippen molar-refractivity contribution in [3.63, 3.8) is 0 Å². The maximum atomic E-state index is 12.1. The van der Waals surface area contributed by atoms with Gasteiger partial charge in [-0.1, -0.05) is 62.4 Å². The highest BCUT2D eigenvalue weighted by Crippen LogP contribution is 2.19. The Balaban J connectivity index is 1.87. The molecule has 0 heterocycles. The predicted molar refractivity (Wildman–Crippen MR) is 96.6 cm³/mol. The largest absolute Gasteiger partial charge is 0.493 e. The molecule has 0 fully saturated rings. The van der Waals surface area contributed by atoms with Gasteiger partial charge in [-0.05, 0) is 17.5 Å². The summed E-state index contributed by atoms with van der Waals surface area (Å²) in [6.07, 6.45) is 0.263. The standard InChI is InChI=1S/C20H26N2O2/c1-15(2)14-24-19-11-7-6-10-17(19)13-22-20(23)12-18(21)16-8-4-3-5-9-16/h3-11,15,18H,12-14,21H2,1-2H3,(H,22,23). The third kappa shape index (κ3) is 5.70. The third-order valence-electron chi connectivity index (χ3n) is 3.65. The Hall–Kier alpha value is -2.33. The Labute approximate surface area is 144 Å². The lowest BCUT2D eigenvalue weighted by molar-refractivity contribution is -0.121. The van der Waals surface area contributed by atoms with Crippen molar-refractivity contribution in [2.45, 2.75) is 32.9 Å². The minimum Gasteiger partial charge on any atom is -0.493 e. The molecule has 0 radical (unpaired) electrons. The third-order valence-corrected chi connectivity index (χ3v) is 3.65. The van der Waals surface area contributed by atoms with E-state index < -0.39 is 0 Å². The second kappa shape index (κ2) is 9.08. The monoisotopic (exact) mass is 326 g/mol. The molecule has 1 atom stereocenters. The lowest BCUT2D eigenvalue weighted by Crippen LogP contribution is -2.27. The topological polar surface area (TPSA) is 64.3 Å². The van der Waals surface area contributed by atoms with E-state index in [0.29, 0.717) is 19.1 Å². The Kier molecular flexibility index (Phi) is 6.82. The molecule has 4 nitrogen and oxygen atoms in total. The fraction of sp³-hybridized carbons (Fsp3) is 0.350. The minimum atomic E-state index is -0.293. The Morgan fingerprint density at radius 1 is 1.08 bits per heavy atom. The highest BCUT2D eigenvalue weighted by Gasteiger charge is 2.12. The van der Waals surface area contributed by atoms with Crippen molar-refractivity contribution in [1.29, 1.82) is 0 Å². The van der Waals surface area contributed by atoms with E-state index in [1.807, 2.05) is 54.6 Å². The number of para-hydroxylation sites is 1. The highest BCUT2D eigenvalue weighted by atomic mass is 16.5. The lowest BCUT2D eigenvalue weighted by atomic mass is 10.0. The van der Waals surface area contributed by atoms with Gasteiger partial charge in [-0.15, -0.1) is 0 Å². The molecule has 4 heteroatoms. The zero-order chi connectivity index (χ0) is 17.4. The van der Waals surface area contributed by atoms with E-state index in [4.69, 9.17) is 10.5 Å². The molecule has 3 N–H and O–H groups in total. The van der Waals surface area contributed by atoms with Gasteiger partial charge in [-0.2, -0.15) is 0 Å². The van der Waals surface area contributed by atoms with E-state index in [1.54, 1.807) is 0 Å². The van der Waals surface area contributed by atoms with E-state index in [-0.39, 0.29) is 18.4 Å². The summed E-state index contributed by atoms with van der Waals surface area (Å²) in [4.78, 5) is 12.1. The Morgan fingerprint density at radius 2 is 1.75 bits per heavy atom. The molecule has 0 saturated carbocycles. The Bertz CT molecular complexity index is 641. The number of carbonyl (C=O) groups excluding carboxylic acids is 1. The highest BCUT2D eigenvalue weighted by molar-refractivity contribution is 5.76. The number of nitrogens with two attached hydrogens (primary N) is 1. The summed E-state index contributed by atoms with van der Waals surface area (Å²) in [7, 11) is 0. The molecule has 1 amide bonds. The summed E-state index contributed by atoms with van der Waals surface area (Å²) in [6.45, 7) is 5.31. The summed E-state index contributed by atoms with van der Waals surface area (Å²) in [6, 6.07) is 17.1. The molecule has 2 aromatic carbocycles. The summed E-state index contributed by atoms with van der Waals surface area (Å²) in [5.41, 5.74) is 8.03. The number of hydrogen-bond acceptors (Lipinski definition) is 3. The van der Waals surface area contributed by atoms with Crippen molar-refractivity contribution in [1.82, 2.24) is 5.32 Å². The quantitative estimate of drug-likeness (QED) is 0.781. The van der Waals surface area contributed by atoms with Crippen molar-refractivity contribution in [2.24, 2.45) is 11.7 Å². The van der Waals surface area contributed by atoms with Gasteiger partial charge < -0.3 is 15.8 Å². The maximum absolute atomic E-state index is 12.1. The van der Waals surface area contributed by atoms with E-state index in [0.717, 1.165) is 16.9 Å². The smallest absolute Gasteiger partial charge is 0.222 e. The average molecular weight is 326 g/mol. The van der Waals surface area contributed by atoms with Crippen molar-refractivity contribution in [3.8, 4) is 5.75 Å². The van der Waals surface area contributed by atoms with Crippen molar-refractivity contribution in [3.05, 3.63) is 65.7 Å². The number of hydrogen-bond donors (Lipinski definition) is 2. The van der Waals surface area contributed by atoms with Crippen molar-refractivity contribution >= 4 is 5.91 Å². The van der Waals surface area contributed by atoms with Gasteiger partial charge in [0, 0.05) is 24.6 Å². The number of amides is 1. The lowest BCUT2D eigenvalue weighted by Gasteiger charge is -2.15. The zero-order valence-electron chi connectivity index (χ0n) is 14.4. The molecule has 2 rings (SSSR count). The normalized spacial score (nSPS) is 12.0. The second-order valence-corrected chi connectivity index (χ2v) is 6.31. The minimum absolute atomic E-state index is 0.0648. The molecule has 0 saturated heterocycles. The van der Waals surface area contributed by atoms with E-state index in [2.05, 4.69) is 19.2 Å². The molecule has 0 aliphatic heterocycles. The molecule has 0 aromatic heterocycles. The van der Waals surface area contributed by atoms with Gasteiger partial charge in [0.15, 0.2) is 0 Å². The van der Waals surface area contributed by atoms with E-state index >= 15 is 0 Å². The van der Waals surface area contributed by atoms with Gasteiger partial charge in [0.05, 0.1) is 6.61 Å². The second-order valence-electron chi connectivity index (χ2n) is 6.31. The van der Waals surface area contributed by atoms with Crippen molar-refractivity contribution in [2.75, 3.05) is 6.61 Å². The molecular weight excluding hydrogens is 300 g/mol. The predicted octanol–water partition coefficient (Wildman–Crippen LogP) is 3.43. The SMILES string of the molecule is CC(C)COc1ccccc1CNC(=O)CC(N)c1ccccc1. The van der Waals surface area contributed by atoms with Crippen LogP contribution < -0.4 is 15.8 Å². The molecule has 0 bridgehead atoms. The van der Waals surface area contributed by atoms with Gasteiger partial charge >= 0.3 is 0 Å². The fourth-order valence-electron chi connectivity index (χ4n) is 2.33. The molecule has 1 unspecified atom stereocenters. The number of carbonyl (C=O) groups is 1. The molecule has 0 spiro atoms. The van der Waals surface area contributed by atoms with Crippen LogP contribution >= 0.6 is 0 Å². The summed E-state index contributed by atoms with van der Waals surface area (Å²) < 4.78 is 5.81. The van der Waals surface area contributed by atoms with Crippen LogP contribution in [0.1, 0.15) is 37.4 Å². The molecule has 0 aliphatic carbocycles. The van der Waals surface area contributed by atoms with Crippen LogP contribution in [0.5, 0.6) is 5.75 Å². The molecule has 128 valence electrons. The number of nitrogens with one attached hydrogen (secondary N) is 1. The van der Waals surface area contributed by atoms with Crippen LogP contribution in [-0.4, -0.2) is 12.5 Å². The molecule has 24 heavy (non-hydrogen) atoms. The van der Waals surface area contributed by atoms with Crippen molar-refractivity contribution < 1.29 is 9.53 Å². The Morgan fingerprint density at radius 3 is 2.46 bits per heavy atom. The number of benzene rings is 2. The summed E-state index contributed by atoms with van der Waals surface area (Å²) >= 11 is 0. The van der Waals surface area contributed by atoms with Gasteiger partial charge in [-0.3, -0.25) is 4.79 Å². The maximum Gasteiger partial charge on any atom is 0.222 e. The van der Waals surface area contributed by atoms with Crippen LogP contribution in [-0.2, 0) is 11.3 Å².